The maximum atomic E-state index is 11.7. The van der Waals surface area contributed by atoms with Gasteiger partial charge >= 0.3 is 0 Å². The van der Waals surface area contributed by atoms with Gasteiger partial charge in [0.15, 0.2) is 0 Å². The zero-order valence-corrected chi connectivity index (χ0v) is 12.1. The number of para-hydroxylation sites is 2. The molecule has 2 aromatic rings. The topological polar surface area (TPSA) is 57.8 Å². The number of fused-ring (bicyclic) bond motifs is 1. The number of benzene rings is 1. The van der Waals surface area contributed by atoms with E-state index in [1.165, 1.54) is 0 Å². The van der Waals surface area contributed by atoms with Crippen LogP contribution in [0.15, 0.2) is 36.4 Å². The molecule has 2 rings (SSSR count). The lowest BCUT2D eigenvalue weighted by Crippen LogP contribution is -2.36. The van der Waals surface area contributed by atoms with E-state index in [0.29, 0.717) is 12.0 Å². The van der Waals surface area contributed by atoms with Gasteiger partial charge in [-0.05, 0) is 25.5 Å². The molecule has 0 fully saturated rings. The molecule has 20 heavy (non-hydrogen) atoms. The Morgan fingerprint density at radius 2 is 2.20 bits per heavy atom. The number of nitrogens with zero attached hydrogens (tertiary/aromatic N) is 1. The van der Waals surface area contributed by atoms with Crippen molar-refractivity contribution >= 4 is 16.9 Å². The van der Waals surface area contributed by atoms with Gasteiger partial charge in [-0.15, -0.1) is 0 Å². The first-order chi connectivity index (χ1) is 9.60. The summed E-state index contributed by atoms with van der Waals surface area (Å²) in [4.78, 5) is 19.6. The normalized spacial score (nSPS) is 12.3. The van der Waals surface area contributed by atoms with Crippen molar-refractivity contribution in [3.63, 3.8) is 0 Å². The van der Waals surface area contributed by atoms with Crippen LogP contribution in [-0.2, 0) is 11.2 Å². The summed E-state index contributed by atoms with van der Waals surface area (Å²) in [6.45, 7) is 7.51. The molecule has 1 amide bonds. The van der Waals surface area contributed by atoms with Crippen LogP contribution in [0.25, 0.3) is 11.0 Å². The van der Waals surface area contributed by atoms with E-state index in [-0.39, 0.29) is 11.9 Å². The van der Waals surface area contributed by atoms with Crippen LogP contribution in [0, 0.1) is 0 Å². The number of rotatable bonds is 6. The molecule has 0 spiro atoms. The number of carbonyl (C=O) groups excluding carboxylic acids is 1. The second-order valence-corrected chi connectivity index (χ2v) is 5.14. The van der Waals surface area contributed by atoms with E-state index in [0.717, 1.165) is 29.7 Å². The van der Waals surface area contributed by atoms with E-state index in [2.05, 4.69) is 28.8 Å². The van der Waals surface area contributed by atoms with Crippen molar-refractivity contribution in [2.45, 2.75) is 39.2 Å². The van der Waals surface area contributed by atoms with Crippen LogP contribution < -0.4 is 5.32 Å². The third-order valence-corrected chi connectivity index (χ3v) is 3.24. The largest absolute Gasteiger partial charge is 0.349 e. The Balaban J connectivity index is 2.10. The molecule has 1 heterocycles. The number of nitrogens with one attached hydrogen (secondary N) is 2. The maximum Gasteiger partial charge on any atom is 0.246 e. The van der Waals surface area contributed by atoms with Gasteiger partial charge in [0, 0.05) is 18.0 Å². The molecule has 1 atom stereocenters. The predicted molar refractivity (Wildman–Crippen MR) is 81.5 cm³/mol. The van der Waals surface area contributed by atoms with Gasteiger partial charge in [-0.3, -0.25) is 4.79 Å². The zero-order valence-electron chi connectivity index (χ0n) is 12.1. The lowest BCUT2D eigenvalue weighted by Gasteiger charge is -2.16. The summed E-state index contributed by atoms with van der Waals surface area (Å²) >= 11 is 0. The highest BCUT2D eigenvalue weighted by molar-refractivity contribution is 5.92. The molecular formula is C16H21N3O. The van der Waals surface area contributed by atoms with Crippen molar-refractivity contribution in [1.82, 2.24) is 15.3 Å². The Bertz CT molecular complexity index is 582. The van der Waals surface area contributed by atoms with Gasteiger partial charge in [0.1, 0.15) is 5.82 Å². The van der Waals surface area contributed by atoms with Gasteiger partial charge in [0.2, 0.25) is 5.91 Å². The van der Waals surface area contributed by atoms with Crippen LogP contribution in [0.2, 0.25) is 0 Å². The molecule has 1 aromatic carbocycles. The average Bonchev–Trinajstić information content (AvgIpc) is 2.80. The summed E-state index contributed by atoms with van der Waals surface area (Å²) in [7, 11) is 0. The number of amides is 1. The first-order valence-electron chi connectivity index (χ1n) is 7.00. The number of aromatic nitrogens is 2. The summed E-state index contributed by atoms with van der Waals surface area (Å²) in [6.07, 6.45) is 2.65. The fraction of sp³-hybridized carbons (Fsp3) is 0.375. The Morgan fingerprint density at radius 1 is 1.45 bits per heavy atom. The standard InChI is InChI=1S/C16H21N3O/c1-4-7-12(17-16(20)11(2)3)10-15-18-13-8-5-6-9-14(13)19-15/h5-6,8-9,12H,2,4,7,10H2,1,3H3,(H,17,20)(H,18,19). The Hall–Kier alpha value is -2.10. The van der Waals surface area contributed by atoms with E-state index < -0.39 is 0 Å². The molecule has 0 aliphatic rings. The molecule has 2 N–H and O–H groups in total. The number of H-pyrrole nitrogens is 1. The lowest BCUT2D eigenvalue weighted by molar-refractivity contribution is -0.118. The van der Waals surface area contributed by atoms with E-state index in [4.69, 9.17) is 0 Å². The lowest BCUT2D eigenvalue weighted by atomic mass is 10.1. The molecule has 106 valence electrons. The van der Waals surface area contributed by atoms with Gasteiger partial charge < -0.3 is 10.3 Å². The van der Waals surface area contributed by atoms with Crippen molar-refractivity contribution in [3.8, 4) is 0 Å². The number of imidazole rings is 1. The second-order valence-electron chi connectivity index (χ2n) is 5.14. The van der Waals surface area contributed by atoms with Crippen LogP contribution in [-0.4, -0.2) is 21.9 Å². The van der Waals surface area contributed by atoms with Gasteiger partial charge in [0.25, 0.3) is 0 Å². The highest BCUT2D eigenvalue weighted by atomic mass is 16.1. The fourth-order valence-electron chi connectivity index (χ4n) is 2.22. The summed E-state index contributed by atoms with van der Waals surface area (Å²) in [5.41, 5.74) is 2.53. The number of hydrogen-bond acceptors (Lipinski definition) is 2. The number of hydrogen-bond donors (Lipinski definition) is 2. The van der Waals surface area contributed by atoms with E-state index >= 15 is 0 Å². The van der Waals surface area contributed by atoms with Crippen LogP contribution in [0.1, 0.15) is 32.5 Å². The molecule has 0 bridgehead atoms. The second kappa shape index (κ2) is 6.37. The molecule has 0 saturated heterocycles. The molecular weight excluding hydrogens is 250 g/mol. The Labute approximate surface area is 119 Å². The van der Waals surface area contributed by atoms with Crippen molar-refractivity contribution in [1.29, 1.82) is 0 Å². The van der Waals surface area contributed by atoms with Crippen LogP contribution in [0.3, 0.4) is 0 Å². The molecule has 1 unspecified atom stereocenters. The van der Waals surface area contributed by atoms with E-state index in [1.54, 1.807) is 6.92 Å². The highest BCUT2D eigenvalue weighted by Crippen LogP contribution is 2.13. The van der Waals surface area contributed by atoms with Crippen LogP contribution in [0.4, 0.5) is 0 Å². The fourth-order valence-corrected chi connectivity index (χ4v) is 2.22. The molecule has 4 nitrogen and oxygen atoms in total. The minimum atomic E-state index is -0.0837. The average molecular weight is 271 g/mol. The third kappa shape index (κ3) is 3.47. The molecule has 0 aliphatic heterocycles. The third-order valence-electron chi connectivity index (χ3n) is 3.24. The van der Waals surface area contributed by atoms with Crippen LogP contribution >= 0.6 is 0 Å². The summed E-state index contributed by atoms with van der Waals surface area (Å²) in [5, 5.41) is 3.01. The van der Waals surface area contributed by atoms with Crippen molar-refractivity contribution in [3.05, 3.63) is 42.2 Å². The summed E-state index contributed by atoms with van der Waals surface area (Å²) < 4.78 is 0. The maximum absolute atomic E-state index is 11.7. The quantitative estimate of drug-likeness (QED) is 0.794. The minimum Gasteiger partial charge on any atom is -0.349 e. The van der Waals surface area contributed by atoms with Crippen molar-refractivity contribution in [2.75, 3.05) is 0 Å². The smallest absolute Gasteiger partial charge is 0.246 e. The summed E-state index contributed by atoms with van der Waals surface area (Å²) in [5.74, 6) is 0.825. The molecule has 0 saturated carbocycles. The van der Waals surface area contributed by atoms with Crippen molar-refractivity contribution in [2.24, 2.45) is 0 Å². The Morgan fingerprint density at radius 3 is 2.85 bits per heavy atom. The monoisotopic (exact) mass is 271 g/mol. The first-order valence-corrected chi connectivity index (χ1v) is 7.00. The van der Waals surface area contributed by atoms with E-state index in [1.807, 2.05) is 24.3 Å². The van der Waals surface area contributed by atoms with Gasteiger partial charge in [-0.2, -0.15) is 0 Å². The van der Waals surface area contributed by atoms with E-state index in [9.17, 15) is 4.79 Å². The van der Waals surface area contributed by atoms with Gasteiger partial charge in [0.05, 0.1) is 11.0 Å². The Kier molecular flexibility index (Phi) is 4.56. The van der Waals surface area contributed by atoms with Gasteiger partial charge in [-0.25, -0.2) is 4.98 Å². The molecule has 0 aliphatic carbocycles. The first kappa shape index (κ1) is 14.3. The SMILES string of the molecule is C=C(C)C(=O)NC(CCC)Cc1nc2ccccc2[nH]1. The number of carbonyl (C=O) groups is 1. The zero-order chi connectivity index (χ0) is 14.5. The minimum absolute atomic E-state index is 0.0837. The van der Waals surface area contributed by atoms with Crippen LogP contribution in [0.5, 0.6) is 0 Å². The molecule has 1 aromatic heterocycles. The molecule has 4 heteroatoms. The van der Waals surface area contributed by atoms with Gasteiger partial charge in [-0.1, -0.05) is 32.1 Å². The predicted octanol–water partition coefficient (Wildman–Crippen LogP) is 2.97. The summed E-state index contributed by atoms with van der Waals surface area (Å²) in [6, 6.07) is 8.03. The van der Waals surface area contributed by atoms with Crippen molar-refractivity contribution < 1.29 is 4.79 Å². The highest BCUT2D eigenvalue weighted by Gasteiger charge is 2.14. The molecule has 0 radical (unpaired) electrons. The number of aromatic amines is 1.